The summed E-state index contributed by atoms with van der Waals surface area (Å²) in [6, 6.07) is 9.84. The zero-order chi connectivity index (χ0) is 9.86. The van der Waals surface area contributed by atoms with Crippen molar-refractivity contribution < 1.29 is 9.47 Å². The Hall–Kier alpha value is -1.28. The lowest BCUT2D eigenvalue weighted by Gasteiger charge is -2.40. The molecule has 0 aliphatic carbocycles. The summed E-state index contributed by atoms with van der Waals surface area (Å²) in [5, 5.41) is 0. The second kappa shape index (κ2) is 3.84. The lowest BCUT2D eigenvalue weighted by Crippen LogP contribution is -2.54. The zero-order valence-corrected chi connectivity index (χ0v) is 8.11. The molecule has 2 heteroatoms. The Kier molecular flexibility index (Phi) is 2.55. The highest BCUT2D eigenvalue weighted by Crippen LogP contribution is 2.28. The third kappa shape index (κ3) is 1.80. The molecule has 0 spiro atoms. The van der Waals surface area contributed by atoms with E-state index < -0.39 is 0 Å². The average molecular weight is 190 g/mol. The van der Waals surface area contributed by atoms with Crippen LogP contribution in [0, 0.1) is 0 Å². The van der Waals surface area contributed by atoms with Crippen LogP contribution in [0.15, 0.2) is 43.0 Å². The zero-order valence-electron chi connectivity index (χ0n) is 8.11. The van der Waals surface area contributed by atoms with E-state index in [1.165, 1.54) is 0 Å². The fourth-order valence-electron chi connectivity index (χ4n) is 1.55. The first-order valence-electron chi connectivity index (χ1n) is 4.77. The lowest BCUT2D eigenvalue weighted by molar-refractivity contribution is -0.159. The van der Waals surface area contributed by atoms with Crippen LogP contribution in [0.3, 0.4) is 0 Å². The minimum absolute atomic E-state index is 0.164. The van der Waals surface area contributed by atoms with Crippen molar-refractivity contribution in [3.63, 3.8) is 0 Å². The highest BCUT2D eigenvalue weighted by molar-refractivity contribution is 5.22. The Morgan fingerprint density at radius 2 is 2.07 bits per heavy atom. The molecule has 1 saturated heterocycles. The molecule has 0 N–H and O–H groups in total. The molecule has 0 radical (unpaired) electrons. The van der Waals surface area contributed by atoms with Gasteiger partial charge in [0, 0.05) is 6.42 Å². The Balaban J connectivity index is 2.05. The lowest BCUT2D eigenvalue weighted by atomic mass is 9.97. The summed E-state index contributed by atoms with van der Waals surface area (Å²) in [6.07, 6.45) is 2.72. The van der Waals surface area contributed by atoms with E-state index in [0.717, 1.165) is 12.2 Å². The van der Waals surface area contributed by atoms with Crippen molar-refractivity contribution in [2.75, 3.05) is 13.2 Å². The van der Waals surface area contributed by atoms with E-state index in [4.69, 9.17) is 9.47 Å². The van der Waals surface area contributed by atoms with Crippen molar-refractivity contribution in [3.8, 4) is 5.75 Å². The molecular formula is C12H14O2. The number of hydrogen-bond acceptors (Lipinski definition) is 2. The maximum atomic E-state index is 5.88. The number of hydrogen-bond donors (Lipinski definition) is 0. The van der Waals surface area contributed by atoms with Gasteiger partial charge in [-0.25, -0.2) is 0 Å². The second-order valence-corrected chi connectivity index (χ2v) is 3.58. The highest BCUT2D eigenvalue weighted by Gasteiger charge is 2.39. The number of benzene rings is 1. The Morgan fingerprint density at radius 3 is 2.57 bits per heavy atom. The number of rotatable bonds is 4. The summed E-state index contributed by atoms with van der Waals surface area (Å²) in [4.78, 5) is 0. The Bertz CT molecular complexity index is 301. The van der Waals surface area contributed by atoms with Crippen molar-refractivity contribution in [2.45, 2.75) is 12.0 Å². The first-order valence-corrected chi connectivity index (χ1v) is 4.77. The van der Waals surface area contributed by atoms with Gasteiger partial charge in [-0.2, -0.15) is 0 Å². The fourth-order valence-corrected chi connectivity index (χ4v) is 1.55. The third-order valence-corrected chi connectivity index (χ3v) is 2.32. The molecule has 0 amide bonds. The minimum atomic E-state index is -0.164. The molecule has 1 aliphatic rings. The van der Waals surface area contributed by atoms with Gasteiger partial charge >= 0.3 is 0 Å². The van der Waals surface area contributed by atoms with Crippen molar-refractivity contribution in [2.24, 2.45) is 0 Å². The van der Waals surface area contributed by atoms with Crippen molar-refractivity contribution in [1.82, 2.24) is 0 Å². The molecule has 0 unspecified atom stereocenters. The fraction of sp³-hybridized carbons (Fsp3) is 0.333. The van der Waals surface area contributed by atoms with Gasteiger partial charge in [0.1, 0.15) is 5.75 Å². The van der Waals surface area contributed by atoms with Crippen LogP contribution in [-0.2, 0) is 4.74 Å². The van der Waals surface area contributed by atoms with Gasteiger partial charge in [0.15, 0.2) is 5.60 Å². The van der Waals surface area contributed by atoms with Gasteiger partial charge in [-0.15, -0.1) is 6.58 Å². The molecule has 1 heterocycles. The average Bonchev–Trinajstić information content (AvgIpc) is 2.16. The summed E-state index contributed by atoms with van der Waals surface area (Å²) < 4.78 is 11.1. The molecule has 0 atom stereocenters. The molecule has 0 saturated carbocycles. The summed E-state index contributed by atoms with van der Waals surface area (Å²) in [7, 11) is 0. The third-order valence-electron chi connectivity index (χ3n) is 2.32. The van der Waals surface area contributed by atoms with Crippen LogP contribution in [0.25, 0.3) is 0 Å². The maximum absolute atomic E-state index is 5.88. The normalized spacial score (nSPS) is 18.3. The molecule has 14 heavy (non-hydrogen) atoms. The van der Waals surface area contributed by atoms with E-state index in [2.05, 4.69) is 6.58 Å². The predicted molar refractivity (Wildman–Crippen MR) is 55.4 cm³/mol. The molecule has 0 aromatic heterocycles. The standard InChI is InChI=1S/C12H14O2/c1-2-8-12(9-13-10-12)14-11-6-4-3-5-7-11/h2-7H,1,8-10H2. The number of para-hydroxylation sites is 1. The molecule has 1 fully saturated rings. The van der Waals surface area contributed by atoms with Gasteiger partial charge in [-0.3, -0.25) is 0 Å². The molecular weight excluding hydrogens is 176 g/mol. The summed E-state index contributed by atoms with van der Waals surface area (Å²) in [5.41, 5.74) is -0.164. The summed E-state index contributed by atoms with van der Waals surface area (Å²) >= 11 is 0. The van der Waals surface area contributed by atoms with E-state index >= 15 is 0 Å². The van der Waals surface area contributed by atoms with Crippen molar-refractivity contribution >= 4 is 0 Å². The first kappa shape index (κ1) is 9.28. The monoisotopic (exact) mass is 190 g/mol. The molecule has 1 aromatic carbocycles. The SMILES string of the molecule is C=CCC1(Oc2ccccc2)COC1. The first-order chi connectivity index (χ1) is 6.85. The molecule has 74 valence electrons. The van der Waals surface area contributed by atoms with Crippen LogP contribution >= 0.6 is 0 Å². The van der Waals surface area contributed by atoms with Crippen LogP contribution in [0.4, 0.5) is 0 Å². The van der Waals surface area contributed by atoms with E-state index in [9.17, 15) is 0 Å². The molecule has 0 bridgehead atoms. The summed E-state index contributed by atoms with van der Waals surface area (Å²) in [5.74, 6) is 0.901. The van der Waals surface area contributed by atoms with Gasteiger partial charge in [0.05, 0.1) is 13.2 Å². The predicted octanol–water partition coefficient (Wildman–Crippen LogP) is 2.41. The van der Waals surface area contributed by atoms with Crippen LogP contribution in [0.5, 0.6) is 5.75 Å². The smallest absolute Gasteiger partial charge is 0.159 e. The summed E-state index contributed by atoms with van der Waals surface area (Å²) in [6.45, 7) is 5.05. The van der Waals surface area contributed by atoms with Gasteiger partial charge in [-0.1, -0.05) is 24.3 Å². The van der Waals surface area contributed by atoms with Gasteiger partial charge in [0.2, 0.25) is 0 Å². The van der Waals surface area contributed by atoms with Gasteiger partial charge in [0.25, 0.3) is 0 Å². The molecule has 1 aliphatic heterocycles. The molecule has 2 nitrogen and oxygen atoms in total. The van der Waals surface area contributed by atoms with Crippen molar-refractivity contribution in [3.05, 3.63) is 43.0 Å². The topological polar surface area (TPSA) is 18.5 Å². The molecule has 1 aromatic rings. The number of ether oxygens (including phenoxy) is 2. The van der Waals surface area contributed by atoms with Gasteiger partial charge < -0.3 is 9.47 Å². The van der Waals surface area contributed by atoms with Crippen LogP contribution in [0.1, 0.15) is 6.42 Å². The van der Waals surface area contributed by atoms with E-state index in [1.54, 1.807) is 0 Å². The quantitative estimate of drug-likeness (QED) is 0.679. The second-order valence-electron chi connectivity index (χ2n) is 3.58. The highest BCUT2D eigenvalue weighted by atomic mass is 16.6. The van der Waals surface area contributed by atoms with E-state index in [1.807, 2.05) is 36.4 Å². The van der Waals surface area contributed by atoms with Crippen LogP contribution < -0.4 is 4.74 Å². The van der Waals surface area contributed by atoms with Crippen LogP contribution in [-0.4, -0.2) is 18.8 Å². The van der Waals surface area contributed by atoms with Crippen molar-refractivity contribution in [1.29, 1.82) is 0 Å². The largest absolute Gasteiger partial charge is 0.482 e. The van der Waals surface area contributed by atoms with Crippen LogP contribution in [0.2, 0.25) is 0 Å². The maximum Gasteiger partial charge on any atom is 0.159 e. The molecule has 2 rings (SSSR count). The Labute approximate surface area is 84.2 Å². The van der Waals surface area contributed by atoms with E-state index in [0.29, 0.717) is 13.2 Å². The van der Waals surface area contributed by atoms with E-state index in [-0.39, 0.29) is 5.60 Å². The Morgan fingerprint density at radius 1 is 1.36 bits per heavy atom. The minimum Gasteiger partial charge on any atom is -0.482 e. The van der Waals surface area contributed by atoms with Gasteiger partial charge in [-0.05, 0) is 12.1 Å².